The Bertz CT molecular complexity index is 2220. The van der Waals surface area contributed by atoms with E-state index in [0.717, 1.165) is 44.1 Å². The van der Waals surface area contributed by atoms with Gasteiger partial charge in [-0.3, -0.25) is 19.1 Å². The molecule has 2 aliphatic heterocycles. The third-order valence-electron chi connectivity index (χ3n) is 10.3. The monoisotopic (exact) mass is 718 g/mol. The molecule has 51 heavy (non-hydrogen) atoms. The van der Waals surface area contributed by atoms with Crippen LogP contribution in [-0.4, -0.2) is 84.4 Å². The van der Waals surface area contributed by atoms with Gasteiger partial charge in [-0.05, 0) is 54.8 Å². The number of nitrogens with zero attached hydrogens (tertiary/aromatic N) is 7. The van der Waals surface area contributed by atoms with E-state index in [1.807, 2.05) is 18.3 Å². The van der Waals surface area contributed by atoms with Crippen LogP contribution in [0.25, 0.3) is 22.5 Å². The number of aliphatic hydroxyl groups excluding tert-OH is 1. The van der Waals surface area contributed by atoms with E-state index in [2.05, 4.69) is 32.0 Å². The van der Waals surface area contributed by atoms with E-state index in [-0.39, 0.29) is 48.9 Å². The average molecular weight is 719 g/mol. The van der Waals surface area contributed by atoms with E-state index in [1.165, 1.54) is 25.9 Å². The maximum absolute atomic E-state index is 14.2. The van der Waals surface area contributed by atoms with Crippen molar-refractivity contribution in [3.05, 3.63) is 98.8 Å². The van der Waals surface area contributed by atoms with Crippen LogP contribution in [0, 0.1) is 0 Å². The number of hydrogen-bond donors (Lipinski definition) is 2. The highest BCUT2D eigenvalue weighted by atomic mass is 32.1. The molecule has 1 aliphatic carbocycles. The van der Waals surface area contributed by atoms with Crippen molar-refractivity contribution in [3.8, 4) is 16.9 Å². The first-order valence-corrected chi connectivity index (χ1v) is 16.8. The van der Waals surface area contributed by atoms with Crippen LogP contribution in [0.1, 0.15) is 30.2 Å². The van der Waals surface area contributed by atoms with E-state index >= 15 is 0 Å². The van der Waals surface area contributed by atoms with Gasteiger partial charge in [0, 0.05) is 80.8 Å². The van der Waals surface area contributed by atoms with Crippen molar-refractivity contribution < 1.29 is 18.6 Å². The molecule has 7 heterocycles. The molecule has 0 unspecified atom stereocenters. The molecule has 268 valence electrons. The summed E-state index contributed by atoms with van der Waals surface area (Å²) in [6.07, 6.45) is 7.59. The number of aliphatic hydroxyl groups is 1. The highest BCUT2D eigenvalue weighted by Gasteiger charge is 2.36. The van der Waals surface area contributed by atoms with Gasteiger partial charge < -0.3 is 29.0 Å². The summed E-state index contributed by atoms with van der Waals surface area (Å²) in [7, 11) is 1.64. The Morgan fingerprint density at radius 2 is 1.90 bits per heavy atom. The summed E-state index contributed by atoms with van der Waals surface area (Å²) in [6.45, 7) is 6.19. The maximum Gasteiger partial charge on any atom is 0.280 e. The first-order valence-electron chi connectivity index (χ1n) is 16.8. The summed E-state index contributed by atoms with van der Waals surface area (Å²) in [6, 6.07) is 9.76. The SMILES string of the molecule is C[C@H]1CN(C2COC2)CCN1c1ccc(Nc2cc(-c3ccnc(-n4ccn5c6c(cc5c4=O)CCC(F)(F)C6)c3CO)cn(C)c2=O)nc1.S. The molecule has 2 saturated heterocycles. The number of nitrogens with one attached hydrogen (secondary N) is 1. The van der Waals surface area contributed by atoms with Crippen molar-refractivity contribution in [1.29, 1.82) is 0 Å². The number of pyridine rings is 3. The minimum absolute atomic E-state index is 0. The zero-order valence-corrected chi connectivity index (χ0v) is 29.4. The highest BCUT2D eigenvalue weighted by molar-refractivity contribution is 7.59. The number of aromatic nitrogens is 5. The van der Waals surface area contributed by atoms with Gasteiger partial charge in [-0.1, -0.05) is 0 Å². The minimum atomic E-state index is -2.82. The number of fused-ring (bicyclic) bond motifs is 3. The van der Waals surface area contributed by atoms with Gasteiger partial charge in [0.2, 0.25) is 0 Å². The molecule has 3 aliphatic rings. The molecule has 0 amide bonds. The molecule has 2 N–H and O–H groups in total. The van der Waals surface area contributed by atoms with Crippen LogP contribution in [0.3, 0.4) is 0 Å². The molecular formula is C36H40F2N8O4S. The normalized spacial score (nSPS) is 19.0. The van der Waals surface area contributed by atoms with E-state index in [0.29, 0.717) is 40.3 Å². The fourth-order valence-corrected chi connectivity index (χ4v) is 7.48. The molecule has 0 aromatic carbocycles. The summed E-state index contributed by atoms with van der Waals surface area (Å²) in [4.78, 5) is 40.9. The molecule has 0 spiro atoms. The van der Waals surface area contributed by atoms with E-state index in [9.17, 15) is 23.5 Å². The largest absolute Gasteiger partial charge is 0.392 e. The Labute approximate surface area is 299 Å². The lowest BCUT2D eigenvalue weighted by molar-refractivity contribution is -0.0691. The van der Waals surface area contributed by atoms with Gasteiger partial charge in [-0.2, -0.15) is 13.5 Å². The maximum atomic E-state index is 14.2. The molecule has 0 bridgehead atoms. The Balaban J connectivity index is 0.00000406. The molecule has 2 fully saturated rings. The predicted molar refractivity (Wildman–Crippen MR) is 195 cm³/mol. The quantitative estimate of drug-likeness (QED) is 0.260. The number of aryl methyl sites for hydroxylation is 2. The summed E-state index contributed by atoms with van der Waals surface area (Å²) in [5, 5.41) is 13.8. The van der Waals surface area contributed by atoms with Gasteiger partial charge in [0.05, 0.1) is 44.2 Å². The summed E-state index contributed by atoms with van der Waals surface area (Å²) in [5.41, 5.74) is 3.57. The first kappa shape index (κ1) is 34.9. The Morgan fingerprint density at radius 1 is 1.08 bits per heavy atom. The van der Waals surface area contributed by atoms with Crippen molar-refractivity contribution >= 4 is 36.2 Å². The van der Waals surface area contributed by atoms with Crippen LogP contribution in [-0.2, 0) is 31.2 Å². The second-order valence-corrected chi connectivity index (χ2v) is 13.5. The highest BCUT2D eigenvalue weighted by Crippen LogP contribution is 2.35. The van der Waals surface area contributed by atoms with Crippen molar-refractivity contribution in [2.75, 3.05) is 43.1 Å². The van der Waals surface area contributed by atoms with Gasteiger partial charge in [-0.15, -0.1) is 0 Å². The van der Waals surface area contributed by atoms with E-state index in [4.69, 9.17) is 4.74 Å². The predicted octanol–water partition coefficient (Wildman–Crippen LogP) is 3.63. The van der Waals surface area contributed by atoms with Gasteiger partial charge in [-0.25, -0.2) is 18.7 Å². The minimum Gasteiger partial charge on any atom is -0.392 e. The topological polar surface area (TPSA) is 122 Å². The smallest absolute Gasteiger partial charge is 0.280 e. The number of ether oxygens (including phenoxy) is 1. The first-order chi connectivity index (χ1) is 24.1. The zero-order chi connectivity index (χ0) is 34.7. The molecule has 8 rings (SSSR count). The molecule has 0 saturated carbocycles. The van der Waals surface area contributed by atoms with Crippen LogP contribution >= 0.6 is 13.5 Å². The number of rotatable bonds is 7. The third-order valence-corrected chi connectivity index (χ3v) is 10.3. The molecule has 0 radical (unpaired) electrons. The molecule has 5 aromatic heterocycles. The van der Waals surface area contributed by atoms with Crippen molar-refractivity contribution in [2.45, 2.75) is 50.8 Å². The van der Waals surface area contributed by atoms with Gasteiger partial charge in [0.15, 0.2) is 0 Å². The Hall–Kier alpha value is -4.57. The summed E-state index contributed by atoms with van der Waals surface area (Å²) in [5.74, 6) is -2.11. The lowest BCUT2D eigenvalue weighted by Crippen LogP contribution is -2.59. The van der Waals surface area contributed by atoms with Gasteiger partial charge >= 0.3 is 0 Å². The molecule has 12 nitrogen and oxygen atoms in total. The summed E-state index contributed by atoms with van der Waals surface area (Å²) >= 11 is 0. The van der Waals surface area contributed by atoms with E-state index in [1.54, 1.807) is 37.6 Å². The van der Waals surface area contributed by atoms with Crippen LogP contribution in [0.5, 0.6) is 0 Å². The van der Waals surface area contributed by atoms with Crippen LogP contribution in [0.4, 0.5) is 26.0 Å². The number of hydrogen-bond acceptors (Lipinski definition) is 9. The van der Waals surface area contributed by atoms with Crippen LogP contribution in [0.15, 0.2) is 70.9 Å². The second-order valence-electron chi connectivity index (χ2n) is 13.5. The number of alkyl halides is 2. The van der Waals surface area contributed by atoms with Crippen molar-refractivity contribution in [3.63, 3.8) is 0 Å². The Morgan fingerprint density at radius 3 is 2.61 bits per heavy atom. The van der Waals surface area contributed by atoms with Crippen LogP contribution < -0.4 is 21.3 Å². The lowest BCUT2D eigenvalue weighted by Gasteiger charge is -2.46. The number of halogens is 2. The standard InChI is InChI=1S/C36H38F2N8O4.H2S/c1-22-17-43(26-20-50-21-26)9-10-44(22)25-3-4-32(40-16-25)41-29-13-24(18-42(2)34(29)48)27-6-8-39-33(28(27)19-47)46-12-11-45-30(35(46)49)14-23-5-7-36(37,38)15-31(23)45;/h3-4,6,8,11-14,16,18,22,26,47H,5,7,9-10,15,17,19-21H2,1-2H3,(H,40,41);1H2/t22-;/m0./s1. The van der Waals surface area contributed by atoms with Crippen molar-refractivity contribution in [1.82, 2.24) is 28.4 Å². The van der Waals surface area contributed by atoms with Gasteiger partial charge in [0.1, 0.15) is 22.8 Å². The Kier molecular flexibility index (Phi) is 9.24. The van der Waals surface area contributed by atoms with Gasteiger partial charge in [0.25, 0.3) is 17.0 Å². The van der Waals surface area contributed by atoms with Crippen LogP contribution in [0.2, 0.25) is 0 Å². The number of anilines is 3. The lowest BCUT2D eigenvalue weighted by atomic mass is 9.95. The molecule has 1 atom stereocenters. The summed E-state index contributed by atoms with van der Waals surface area (Å²) < 4.78 is 38.1. The zero-order valence-electron chi connectivity index (χ0n) is 28.4. The fraction of sp³-hybridized carbons (Fsp3) is 0.389. The average Bonchev–Trinajstić information content (AvgIpc) is 3.44. The molecule has 5 aromatic rings. The molecular weight excluding hydrogens is 679 g/mol. The van der Waals surface area contributed by atoms with Crippen molar-refractivity contribution in [2.24, 2.45) is 7.05 Å². The third kappa shape index (κ3) is 6.32. The van der Waals surface area contributed by atoms with E-state index < -0.39 is 24.5 Å². The second kappa shape index (κ2) is 13.5. The molecule has 15 heteroatoms. The number of piperazine rings is 1. The fourth-order valence-electron chi connectivity index (χ4n) is 7.48.